The zero-order valence-corrected chi connectivity index (χ0v) is 21.7. The van der Waals surface area contributed by atoms with Crippen LogP contribution in [0.15, 0.2) is 53.5 Å². The standard InChI is InChI=1S/C23H16F6N6O2.C2HF3O2/c24-16-6-5-13(11-35-17-4-2-1-3-14(17)18(36)10-30-35)9-15(16)20(37)33-7-8-34-19(12-33)31-32-21(34)22(25,26)23(27,28)29;3-2(4,5)1(6)7/h1-6,9-10H,7-8,11-12H2;(H,6,7). The summed E-state index contributed by atoms with van der Waals surface area (Å²) in [6, 6.07) is 10.6. The molecule has 19 heteroatoms. The summed E-state index contributed by atoms with van der Waals surface area (Å²) in [6.07, 6.45) is -9.79. The largest absolute Gasteiger partial charge is 0.490 e. The molecule has 0 saturated carbocycles. The van der Waals surface area contributed by atoms with Crippen LogP contribution in [0.2, 0.25) is 0 Å². The summed E-state index contributed by atoms with van der Waals surface area (Å²) in [5.74, 6) is -11.5. The third-order valence-electron chi connectivity index (χ3n) is 6.28. The molecule has 0 fully saturated rings. The number of rotatable bonds is 4. The van der Waals surface area contributed by atoms with Crippen LogP contribution in [0.1, 0.15) is 27.6 Å². The summed E-state index contributed by atoms with van der Waals surface area (Å²) in [7, 11) is 0. The number of aromatic nitrogens is 5. The molecule has 0 saturated heterocycles. The third kappa shape index (κ3) is 6.35. The SMILES string of the molecule is O=C(O)C(F)(F)F.O=C(c1cc(Cn2ncc(=O)c3ccccc32)ccc1F)N1CCn2c(nnc2C(F)(F)C(F)(F)F)C1. The number of amides is 1. The third-order valence-corrected chi connectivity index (χ3v) is 6.28. The quantitative estimate of drug-likeness (QED) is 0.335. The van der Waals surface area contributed by atoms with Gasteiger partial charge in [-0.25, -0.2) is 9.18 Å². The van der Waals surface area contributed by atoms with E-state index in [4.69, 9.17) is 9.90 Å². The molecule has 2 aromatic heterocycles. The highest BCUT2D eigenvalue weighted by atomic mass is 19.4. The Labute approximate surface area is 238 Å². The van der Waals surface area contributed by atoms with E-state index in [1.807, 2.05) is 0 Å². The number of hydrogen-bond acceptors (Lipinski definition) is 6. The number of fused-ring (bicyclic) bond motifs is 2. The maximum atomic E-state index is 14.6. The van der Waals surface area contributed by atoms with Crippen molar-refractivity contribution >= 4 is 22.8 Å². The van der Waals surface area contributed by atoms with Gasteiger partial charge in [0, 0.05) is 18.5 Å². The summed E-state index contributed by atoms with van der Waals surface area (Å²) in [6.45, 7) is -1.02. The monoisotopic (exact) mass is 636 g/mol. The maximum Gasteiger partial charge on any atom is 0.490 e. The Morgan fingerprint density at radius 3 is 2.23 bits per heavy atom. The molecular formula is C25H17F9N6O4. The predicted octanol–water partition coefficient (Wildman–Crippen LogP) is 4.12. The second kappa shape index (κ2) is 11.6. The number of alkyl halides is 8. The highest BCUT2D eigenvalue weighted by Gasteiger charge is 2.62. The Balaban J connectivity index is 0.000000566. The lowest BCUT2D eigenvalue weighted by Gasteiger charge is -2.29. The molecule has 2 aromatic carbocycles. The Kier molecular flexibility index (Phi) is 8.43. The number of nitrogens with zero attached hydrogens (tertiary/aromatic N) is 6. The summed E-state index contributed by atoms with van der Waals surface area (Å²) in [5, 5.41) is 18.1. The molecule has 0 aliphatic carbocycles. The van der Waals surface area contributed by atoms with Crippen molar-refractivity contribution in [2.45, 2.75) is 37.9 Å². The van der Waals surface area contributed by atoms with Gasteiger partial charge in [-0.05, 0) is 29.8 Å². The number of para-hydroxylation sites is 1. The van der Waals surface area contributed by atoms with Crippen LogP contribution in [0.3, 0.4) is 0 Å². The number of carbonyl (C=O) groups is 2. The minimum atomic E-state index is -5.86. The second-order valence-corrected chi connectivity index (χ2v) is 9.19. The molecule has 1 aliphatic heterocycles. The van der Waals surface area contributed by atoms with E-state index in [0.29, 0.717) is 21.0 Å². The first-order chi connectivity index (χ1) is 20.4. The van der Waals surface area contributed by atoms with Crippen LogP contribution in [0.4, 0.5) is 39.5 Å². The molecule has 5 rings (SSSR count). The van der Waals surface area contributed by atoms with Gasteiger partial charge in [0.1, 0.15) is 5.82 Å². The van der Waals surface area contributed by atoms with Crippen molar-refractivity contribution in [2.24, 2.45) is 0 Å². The predicted molar refractivity (Wildman–Crippen MR) is 130 cm³/mol. The molecule has 4 aromatic rings. The van der Waals surface area contributed by atoms with Crippen LogP contribution in [0.25, 0.3) is 10.9 Å². The molecule has 44 heavy (non-hydrogen) atoms. The van der Waals surface area contributed by atoms with Gasteiger partial charge in [-0.1, -0.05) is 18.2 Å². The summed E-state index contributed by atoms with van der Waals surface area (Å²) in [5.41, 5.74) is 0.431. The number of carboxylic acids is 1. The first-order valence-electron chi connectivity index (χ1n) is 12.1. The van der Waals surface area contributed by atoms with Crippen molar-refractivity contribution in [1.82, 2.24) is 29.4 Å². The molecule has 1 amide bonds. The van der Waals surface area contributed by atoms with Crippen molar-refractivity contribution in [1.29, 1.82) is 0 Å². The molecular weight excluding hydrogens is 619 g/mol. The van der Waals surface area contributed by atoms with E-state index < -0.39 is 54.9 Å². The van der Waals surface area contributed by atoms with Gasteiger partial charge >= 0.3 is 24.2 Å². The first-order valence-corrected chi connectivity index (χ1v) is 12.1. The fourth-order valence-electron chi connectivity index (χ4n) is 4.16. The van der Waals surface area contributed by atoms with Crippen molar-refractivity contribution < 1.29 is 54.2 Å². The minimum absolute atomic E-state index is 0.103. The van der Waals surface area contributed by atoms with Gasteiger partial charge in [0.2, 0.25) is 11.3 Å². The van der Waals surface area contributed by atoms with E-state index in [9.17, 15) is 49.1 Å². The van der Waals surface area contributed by atoms with Gasteiger partial charge < -0.3 is 14.6 Å². The highest BCUT2D eigenvalue weighted by molar-refractivity contribution is 5.94. The van der Waals surface area contributed by atoms with Crippen molar-refractivity contribution in [2.75, 3.05) is 6.54 Å². The number of benzene rings is 2. The number of aliphatic carboxylic acids is 1. The summed E-state index contributed by atoms with van der Waals surface area (Å²) >= 11 is 0. The van der Waals surface area contributed by atoms with Crippen LogP contribution in [0.5, 0.6) is 0 Å². The zero-order valence-electron chi connectivity index (χ0n) is 21.7. The van der Waals surface area contributed by atoms with Gasteiger partial charge in [-0.15, -0.1) is 10.2 Å². The topological polar surface area (TPSA) is 123 Å². The average molecular weight is 636 g/mol. The molecule has 1 aliphatic rings. The summed E-state index contributed by atoms with van der Waals surface area (Å²) < 4.78 is 114. The Hall–Kier alpha value is -4.97. The average Bonchev–Trinajstić information content (AvgIpc) is 3.39. The molecule has 0 radical (unpaired) electrons. The number of carbonyl (C=O) groups excluding carboxylic acids is 1. The lowest BCUT2D eigenvalue weighted by molar-refractivity contribution is -0.293. The first kappa shape index (κ1) is 32.0. The van der Waals surface area contributed by atoms with Crippen LogP contribution in [-0.4, -0.2) is 65.3 Å². The van der Waals surface area contributed by atoms with E-state index in [1.165, 1.54) is 16.8 Å². The molecule has 0 spiro atoms. The van der Waals surface area contributed by atoms with E-state index in [0.717, 1.165) is 17.2 Å². The zero-order chi connectivity index (χ0) is 32.6. The number of hydrogen-bond donors (Lipinski definition) is 1. The lowest BCUT2D eigenvalue weighted by Crippen LogP contribution is -2.42. The van der Waals surface area contributed by atoms with Crippen LogP contribution < -0.4 is 5.43 Å². The van der Waals surface area contributed by atoms with Crippen LogP contribution in [-0.2, 0) is 30.4 Å². The smallest absolute Gasteiger partial charge is 0.475 e. The minimum Gasteiger partial charge on any atom is -0.475 e. The Bertz CT molecular complexity index is 1780. The summed E-state index contributed by atoms with van der Waals surface area (Å²) in [4.78, 5) is 35.1. The molecule has 0 bridgehead atoms. The number of halogens is 9. The fourth-order valence-corrected chi connectivity index (χ4v) is 4.16. The number of carboxylic acid groups (broad SMARTS) is 1. The Morgan fingerprint density at radius 1 is 0.932 bits per heavy atom. The van der Waals surface area contributed by atoms with Gasteiger partial charge in [0.15, 0.2) is 5.82 Å². The van der Waals surface area contributed by atoms with Crippen LogP contribution in [0, 0.1) is 5.82 Å². The highest BCUT2D eigenvalue weighted by Crippen LogP contribution is 2.43. The van der Waals surface area contributed by atoms with Crippen molar-refractivity contribution in [3.8, 4) is 0 Å². The van der Waals surface area contributed by atoms with Gasteiger partial charge in [-0.2, -0.15) is 40.2 Å². The van der Waals surface area contributed by atoms with E-state index >= 15 is 0 Å². The second-order valence-electron chi connectivity index (χ2n) is 9.19. The fraction of sp³-hybridized carbons (Fsp3) is 0.280. The van der Waals surface area contributed by atoms with Gasteiger partial charge in [0.25, 0.3) is 5.91 Å². The van der Waals surface area contributed by atoms with Gasteiger partial charge in [0.05, 0.1) is 30.4 Å². The van der Waals surface area contributed by atoms with E-state index in [-0.39, 0.29) is 29.9 Å². The molecule has 234 valence electrons. The molecule has 0 atom stereocenters. The maximum absolute atomic E-state index is 14.6. The van der Waals surface area contributed by atoms with Gasteiger partial charge in [-0.3, -0.25) is 14.3 Å². The molecule has 10 nitrogen and oxygen atoms in total. The molecule has 0 unspecified atom stereocenters. The van der Waals surface area contributed by atoms with E-state index in [2.05, 4.69) is 15.3 Å². The van der Waals surface area contributed by atoms with Crippen LogP contribution >= 0.6 is 0 Å². The Morgan fingerprint density at radius 2 is 1.59 bits per heavy atom. The lowest BCUT2D eigenvalue weighted by atomic mass is 10.1. The van der Waals surface area contributed by atoms with Crippen molar-refractivity contribution in [3.05, 3.63) is 87.5 Å². The normalized spacial score (nSPS) is 13.7. The molecule has 3 heterocycles. The molecule has 1 N–H and O–H groups in total. The van der Waals surface area contributed by atoms with Crippen molar-refractivity contribution in [3.63, 3.8) is 0 Å². The van der Waals surface area contributed by atoms with E-state index in [1.54, 1.807) is 24.3 Å².